The largest absolute Gasteiger partial charge is 0.466 e. The van der Waals surface area contributed by atoms with E-state index in [1.807, 2.05) is 13.8 Å². The van der Waals surface area contributed by atoms with Crippen LogP contribution >= 0.6 is 24.0 Å². The highest BCUT2D eigenvalue weighted by Gasteiger charge is 2.28. The molecule has 0 aromatic rings. The van der Waals surface area contributed by atoms with Crippen LogP contribution in [0.1, 0.15) is 40.0 Å². The van der Waals surface area contributed by atoms with E-state index in [0.29, 0.717) is 32.7 Å². The maximum absolute atomic E-state index is 12.0. The molecular formula is C16H33IN4O4S. The second-order valence-electron chi connectivity index (χ2n) is 5.92. The van der Waals surface area contributed by atoms with E-state index < -0.39 is 10.0 Å². The molecule has 1 aliphatic heterocycles. The summed E-state index contributed by atoms with van der Waals surface area (Å²) in [5.41, 5.74) is 0. The number of nitrogens with zero attached hydrogens (tertiary/aromatic N) is 2. The molecule has 1 unspecified atom stereocenters. The van der Waals surface area contributed by atoms with Crippen molar-refractivity contribution in [3.63, 3.8) is 0 Å². The van der Waals surface area contributed by atoms with Crippen molar-refractivity contribution in [2.45, 2.75) is 40.0 Å². The first kappa shape index (κ1) is 25.4. The van der Waals surface area contributed by atoms with Crippen molar-refractivity contribution in [2.24, 2.45) is 10.9 Å². The fourth-order valence-electron chi connectivity index (χ4n) is 2.64. The fraction of sp³-hybridized carbons (Fsp3) is 0.875. The van der Waals surface area contributed by atoms with Crippen molar-refractivity contribution in [1.29, 1.82) is 0 Å². The predicted molar refractivity (Wildman–Crippen MR) is 114 cm³/mol. The first-order valence-corrected chi connectivity index (χ1v) is 10.8. The van der Waals surface area contributed by atoms with Gasteiger partial charge in [0, 0.05) is 32.7 Å². The molecule has 10 heteroatoms. The van der Waals surface area contributed by atoms with Gasteiger partial charge in [-0.05, 0) is 40.0 Å². The lowest BCUT2D eigenvalue weighted by molar-refractivity contribution is -0.149. The molecule has 0 bridgehead atoms. The smallest absolute Gasteiger partial charge is 0.310 e. The lowest BCUT2D eigenvalue weighted by Gasteiger charge is -2.34. The van der Waals surface area contributed by atoms with Crippen molar-refractivity contribution in [1.82, 2.24) is 14.9 Å². The second-order valence-corrected chi connectivity index (χ2v) is 8.02. The summed E-state index contributed by atoms with van der Waals surface area (Å²) in [6, 6.07) is 0. The maximum atomic E-state index is 12.0. The van der Waals surface area contributed by atoms with Gasteiger partial charge in [0.05, 0.1) is 18.3 Å². The standard InChI is InChI=1S/C16H32N4O4S.HI/c1-4-17-16(18-10-8-11-19-25(22,23)6-3)20-12-7-9-14(13-20)15(21)24-5-2;/h14,19H,4-13H2,1-3H3,(H,17,18);1H. The van der Waals surface area contributed by atoms with Crippen LogP contribution in [-0.2, 0) is 19.6 Å². The summed E-state index contributed by atoms with van der Waals surface area (Å²) in [5, 5.41) is 3.25. The quantitative estimate of drug-likeness (QED) is 0.161. The number of rotatable bonds is 9. The number of likely N-dealkylation sites (tertiary alicyclic amines) is 1. The van der Waals surface area contributed by atoms with Gasteiger partial charge in [-0.25, -0.2) is 13.1 Å². The average molecular weight is 504 g/mol. The van der Waals surface area contributed by atoms with Crippen molar-refractivity contribution in [3.05, 3.63) is 0 Å². The zero-order chi connectivity index (χ0) is 18.7. The molecule has 1 saturated heterocycles. The van der Waals surface area contributed by atoms with Gasteiger partial charge >= 0.3 is 5.97 Å². The number of ether oxygens (including phenoxy) is 1. The van der Waals surface area contributed by atoms with E-state index in [1.54, 1.807) is 6.92 Å². The minimum absolute atomic E-state index is 0. The summed E-state index contributed by atoms with van der Waals surface area (Å²) in [7, 11) is -3.15. The highest BCUT2D eigenvalue weighted by molar-refractivity contribution is 14.0. The molecule has 1 atom stereocenters. The van der Waals surface area contributed by atoms with Gasteiger partial charge in [0.25, 0.3) is 0 Å². The van der Waals surface area contributed by atoms with Gasteiger partial charge in [0.15, 0.2) is 5.96 Å². The van der Waals surface area contributed by atoms with Crippen molar-refractivity contribution < 1.29 is 17.9 Å². The molecule has 0 aliphatic carbocycles. The molecular weight excluding hydrogens is 471 g/mol. The van der Waals surface area contributed by atoms with Crippen molar-refractivity contribution in [2.75, 3.05) is 45.1 Å². The molecule has 1 heterocycles. The average Bonchev–Trinajstić information content (AvgIpc) is 2.61. The predicted octanol–water partition coefficient (Wildman–Crippen LogP) is 1.17. The number of guanidine groups is 1. The van der Waals surface area contributed by atoms with E-state index in [4.69, 9.17) is 4.74 Å². The first-order valence-electron chi connectivity index (χ1n) is 9.10. The Balaban J connectivity index is 0.00000625. The van der Waals surface area contributed by atoms with E-state index in [1.165, 1.54) is 0 Å². The van der Waals surface area contributed by atoms with Crippen LogP contribution in [0.15, 0.2) is 4.99 Å². The molecule has 0 aromatic heterocycles. The summed E-state index contributed by atoms with van der Waals surface area (Å²) in [5.74, 6) is 0.600. The molecule has 1 fully saturated rings. The van der Waals surface area contributed by atoms with Crippen molar-refractivity contribution in [3.8, 4) is 0 Å². The Morgan fingerprint density at radius 1 is 1.31 bits per heavy atom. The molecule has 0 radical (unpaired) electrons. The minimum atomic E-state index is -3.15. The molecule has 0 saturated carbocycles. The van der Waals surface area contributed by atoms with Crippen LogP contribution in [-0.4, -0.2) is 70.3 Å². The number of sulfonamides is 1. The molecule has 0 spiro atoms. The van der Waals surface area contributed by atoms with Gasteiger partial charge in [-0.2, -0.15) is 0 Å². The number of hydrogen-bond donors (Lipinski definition) is 2. The number of halogens is 1. The highest BCUT2D eigenvalue weighted by atomic mass is 127. The van der Waals surface area contributed by atoms with Crippen LogP contribution < -0.4 is 10.0 Å². The third-order valence-electron chi connectivity index (χ3n) is 3.97. The molecule has 26 heavy (non-hydrogen) atoms. The normalized spacial score (nSPS) is 18.2. The maximum Gasteiger partial charge on any atom is 0.310 e. The number of aliphatic imine (C=N–C) groups is 1. The second kappa shape index (κ2) is 13.5. The number of hydrogen-bond acceptors (Lipinski definition) is 5. The lowest BCUT2D eigenvalue weighted by atomic mass is 9.98. The monoisotopic (exact) mass is 504 g/mol. The third kappa shape index (κ3) is 9.36. The van der Waals surface area contributed by atoms with Gasteiger partial charge in [-0.15, -0.1) is 24.0 Å². The van der Waals surface area contributed by atoms with E-state index in [9.17, 15) is 13.2 Å². The number of esters is 1. The Morgan fingerprint density at radius 2 is 2.04 bits per heavy atom. The van der Waals surface area contributed by atoms with Crippen LogP contribution in [0.25, 0.3) is 0 Å². The van der Waals surface area contributed by atoms with Crippen LogP contribution in [0.5, 0.6) is 0 Å². The fourth-order valence-corrected chi connectivity index (χ4v) is 3.30. The Kier molecular flexibility index (Phi) is 13.2. The molecule has 2 N–H and O–H groups in total. The number of carbonyl (C=O) groups is 1. The molecule has 8 nitrogen and oxygen atoms in total. The van der Waals surface area contributed by atoms with Gasteiger partial charge in [-0.3, -0.25) is 9.79 Å². The third-order valence-corrected chi connectivity index (χ3v) is 5.38. The summed E-state index contributed by atoms with van der Waals surface area (Å²) >= 11 is 0. The van der Waals surface area contributed by atoms with E-state index in [-0.39, 0.29) is 41.6 Å². The summed E-state index contributed by atoms with van der Waals surface area (Å²) in [6.45, 7) is 8.92. The lowest BCUT2D eigenvalue weighted by Crippen LogP contribution is -2.48. The Labute approximate surface area is 174 Å². The van der Waals surface area contributed by atoms with Gasteiger partial charge in [0.2, 0.25) is 10.0 Å². The van der Waals surface area contributed by atoms with Gasteiger partial charge in [-0.1, -0.05) is 0 Å². The highest BCUT2D eigenvalue weighted by Crippen LogP contribution is 2.18. The van der Waals surface area contributed by atoms with Crippen LogP contribution in [0.3, 0.4) is 0 Å². The zero-order valence-electron chi connectivity index (χ0n) is 16.0. The van der Waals surface area contributed by atoms with E-state index in [2.05, 4.69) is 19.9 Å². The number of carbonyl (C=O) groups excluding carboxylic acids is 1. The number of piperidine rings is 1. The molecule has 1 rings (SSSR count). The Bertz CT molecular complexity index is 542. The minimum Gasteiger partial charge on any atom is -0.466 e. The SMILES string of the molecule is CCNC(=NCCCNS(=O)(=O)CC)N1CCCC(C(=O)OCC)C1.I. The molecule has 0 aromatic carbocycles. The van der Waals surface area contributed by atoms with Gasteiger partial charge < -0.3 is 15.0 Å². The van der Waals surface area contributed by atoms with Gasteiger partial charge in [0.1, 0.15) is 0 Å². The van der Waals surface area contributed by atoms with E-state index in [0.717, 1.165) is 31.9 Å². The summed E-state index contributed by atoms with van der Waals surface area (Å²) in [4.78, 5) is 18.6. The van der Waals surface area contributed by atoms with Crippen molar-refractivity contribution >= 4 is 45.9 Å². The van der Waals surface area contributed by atoms with Crippen LogP contribution in [0, 0.1) is 5.92 Å². The Morgan fingerprint density at radius 3 is 2.65 bits per heavy atom. The van der Waals surface area contributed by atoms with Crippen LogP contribution in [0.2, 0.25) is 0 Å². The molecule has 0 amide bonds. The van der Waals surface area contributed by atoms with Crippen LogP contribution in [0.4, 0.5) is 0 Å². The summed E-state index contributed by atoms with van der Waals surface area (Å²) < 4.78 is 30.4. The molecule has 1 aliphatic rings. The number of nitrogens with one attached hydrogen (secondary N) is 2. The Hall–Kier alpha value is -0.620. The topological polar surface area (TPSA) is 100 Å². The van der Waals surface area contributed by atoms with E-state index >= 15 is 0 Å². The molecule has 154 valence electrons. The first-order chi connectivity index (χ1) is 11.9. The summed E-state index contributed by atoms with van der Waals surface area (Å²) in [6.07, 6.45) is 2.39. The zero-order valence-corrected chi connectivity index (χ0v) is 19.1.